The van der Waals surface area contributed by atoms with Crippen molar-refractivity contribution in [3.05, 3.63) is 36.0 Å². The van der Waals surface area contributed by atoms with Gasteiger partial charge in [0.1, 0.15) is 0 Å². The quantitative estimate of drug-likeness (QED) is 0.771. The van der Waals surface area contributed by atoms with Crippen molar-refractivity contribution in [3.8, 4) is 0 Å². The highest BCUT2D eigenvalue weighted by Crippen LogP contribution is 2.25. The smallest absolute Gasteiger partial charge is 0.252 e. The fourth-order valence-corrected chi connectivity index (χ4v) is 2.49. The van der Waals surface area contributed by atoms with Gasteiger partial charge in [-0.2, -0.15) is 0 Å². The monoisotopic (exact) mass is 286 g/mol. The van der Waals surface area contributed by atoms with E-state index < -0.39 is 5.91 Å². The van der Waals surface area contributed by atoms with Gasteiger partial charge in [0.2, 0.25) is 0 Å². The number of benzene rings is 1. The van der Waals surface area contributed by atoms with E-state index in [2.05, 4.69) is 15.6 Å². The summed E-state index contributed by atoms with van der Waals surface area (Å²) in [7, 11) is 0. The highest BCUT2D eigenvalue weighted by molar-refractivity contribution is 6.06. The van der Waals surface area contributed by atoms with Crippen molar-refractivity contribution in [2.75, 3.05) is 31.6 Å². The molecule has 1 unspecified atom stereocenters. The van der Waals surface area contributed by atoms with Crippen LogP contribution in [0, 0.1) is 0 Å². The average molecular weight is 286 g/mol. The van der Waals surface area contributed by atoms with Crippen LogP contribution in [0.2, 0.25) is 0 Å². The van der Waals surface area contributed by atoms with Crippen LogP contribution in [-0.2, 0) is 4.74 Å². The second kappa shape index (κ2) is 6.07. The third kappa shape index (κ3) is 2.96. The van der Waals surface area contributed by atoms with Gasteiger partial charge in [0.15, 0.2) is 0 Å². The van der Waals surface area contributed by atoms with Crippen LogP contribution in [0.25, 0.3) is 10.9 Å². The minimum Gasteiger partial charge on any atom is -0.382 e. The summed E-state index contributed by atoms with van der Waals surface area (Å²) in [5.41, 5.74) is 7.43. The van der Waals surface area contributed by atoms with E-state index in [4.69, 9.17) is 10.5 Å². The Morgan fingerprint density at radius 3 is 3.10 bits per heavy atom. The largest absolute Gasteiger partial charge is 0.382 e. The molecule has 2 heterocycles. The molecular formula is C15H18N4O2. The molecule has 1 atom stereocenters. The maximum Gasteiger partial charge on any atom is 0.252 e. The van der Waals surface area contributed by atoms with E-state index in [0.29, 0.717) is 18.7 Å². The molecule has 0 radical (unpaired) electrons. The summed E-state index contributed by atoms with van der Waals surface area (Å²) in [5.74, 6) is -0.483. The number of hydrogen-bond donors (Lipinski definition) is 3. The summed E-state index contributed by atoms with van der Waals surface area (Å²) < 4.78 is 5.43. The Hall–Kier alpha value is -2.18. The number of hydrogen-bond acceptors (Lipinski definition) is 5. The molecule has 0 aliphatic carbocycles. The Balaban J connectivity index is 1.90. The second-order valence-electron chi connectivity index (χ2n) is 5.04. The van der Waals surface area contributed by atoms with Crippen LogP contribution in [0.4, 0.5) is 5.69 Å². The number of carbonyl (C=O) groups excluding carboxylic acids is 1. The Kier molecular flexibility index (Phi) is 3.98. The summed E-state index contributed by atoms with van der Waals surface area (Å²) in [4.78, 5) is 15.9. The summed E-state index contributed by atoms with van der Waals surface area (Å²) in [5, 5.41) is 7.58. The standard InChI is InChI=1S/C15H18N4O2/c16-15(20)12-8-18-13-4-2-1-3-11(13)14(12)19-7-10-9-21-6-5-17-10/h1-4,8,10,17H,5-7,9H2,(H2,16,20)(H,18,19). The number of morpholine rings is 1. The maximum absolute atomic E-state index is 11.6. The molecular weight excluding hydrogens is 268 g/mol. The van der Waals surface area contributed by atoms with Crippen LogP contribution in [-0.4, -0.2) is 43.2 Å². The van der Waals surface area contributed by atoms with Crippen molar-refractivity contribution in [2.24, 2.45) is 5.73 Å². The van der Waals surface area contributed by atoms with E-state index in [9.17, 15) is 4.79 Å². The molecule has 1 aromatic carbocycles. The molecule has 1 fully saturated rings. The van der Waals surface area contributed by atoms with Crippen molar-refractivity contribution in [1.29, 1.82) is 0 Å². The topological polar surface area (TPSA) is 89.3 Å². The number of anilines is 1. The number of pyridine rings is 1. The molecule has 6 heteroatoms. The number of nitrogens with two attached hydrogens (primary N) is 1. The van der Waals surface area contributed by atoms with Gasteiger partial charge in [-0.05, 0) is 6.07 Å². The molecule has 1 aromatic heterocycles. The molecule has 0 bridgehead atoms. The first-order valence-electron chi connectivity index (χ1n) is 6.98. The zero-order chi connectivity index (χ0) is 14.7. The van der Waals surface area contributed by atoms with Gasteiger partial charge >= 0.3 is 0 Å². The minimum absolute atomic E-state index is 0.214. The number of nitrogens with zero attached hydrogens (tertiary/aromatic N) is 1. The van der Waals surface area contributed by atoms with E-state index in [1.165, 1.54) is 6.20 Å². The SMILES string of the molecule is NC(=O)c1cnc2ccccc2c1NCC1COCCN1. The minimum atomic E-state index is -0.483. The van der Waals surface area contributed by atoms with Gasteiger partial charge in [-0.1, -0.05) is 18.2 Å². The number of amides is 1. The highest BCUT2D eigenvalue weighted by Gasteiger charge is 2.16. The number of nitrogens with one attached hydrogen (secondary N) is 2. The fraction of sp³-hybridized carbons (Fsp3) is 0.333. The van der Waals surface area contributed by atoms with Crippen LogP contribution in [0.3, 0.4) is 0 Å². The molecule has 1 aliphatic heterocycles. The molecule has 3 rings (SSSR count). The molecule has 0 saturated carbocycles. The van der Waals surface area contributed by atoms with Crippen LogP contribution in [0.5, 0.6) is 0 Å². The number of fused-ring (bicyclic) bond motifs is 1. The van der Waals surface area contributed by atoms with Crippen molar-refractivity contribution in [2.45, 2.75) is 6.04 Å². The van der Waals surface area contributed by atoms with Gasteiger partial charge in [-0.25, -0.2) is 0 Å². The van der Waals surface area contributed by atoms with Gasteiger partial charge in [0.05, 0.1) is 30.0 Å². The van der Waals surface area contributed by atoms with Crippen molar-refractivity contribution in [3.63, 3.8) is 0 Å². The van der Waals surface area contributed by atoms with E-state index in [-0.39, 0.29) is 6.04 Å². The molecule has 0 spiro atoms. The predicted molar refractivity (Wildman–Crippen MR) is 81.4 cm³/mol. The number of para-hydroxylation sites is 1. The van der Waals surface area contributed by atoms with Crippen molar-refractivity contribution in [1.82, 2.24) is 10.3 Å². The molecule has 2 aromatic rings. The zero-order valence-electron chi connectivity index (χ0n) is 11.6. The third-order valence-electron chi connectivity index (χ3n) is 3.56. The van der Waals surface area contributed by atoms with E-state index >= 15 is 0 Å². The number of rotatable bonds is 4. The first kappa shape index (κ1) is 13.8. The fourth-order valence-electron chi connectivity index (χ4n) is 2.49. The molecule has 1 amide bonds. The average Bonchev–Trinajstić information content (AvgIpc) is 2.53. The van der Waals surface area contributed by atoms with E-state index in [1.54, 1.807) is 0 Å². The van der Waals surface area contributed by atoms with Gasteiger partial charge in [-0.15, -0.1) is 0 Å². The van der Waals surface area contributed by atoms with E-state index in [0.717, 1.165) is 29.7 Å². The van der Waals surface area contributed by atoms with Crippen molar-refractivity contribution < 1.29 is 9.53 Å². The zero-order valence-corrected chi connectivity index (χ0v) is 11.6. The predicted octanol–water partition coefficient (Wildman–Crippen LogP) is 0.734. The molecule has 21 heavy (non-hydrogen) atoms. The number of ether oxygens (including phenoxy) is 1. The van der Waals surface area contributed by atoms with Crippen LogP contribution < -0.4 is 16.4 Å². The Morgan fingerprint density at radius 2 is 2.33 bits per heavy atom. The van der Waals surface area contributed by atoms with E-state index in [1.807, 2.05) is 24.3 Å². The number of carbonyl (C=O) groups is 1. The first-order chi connectivity index (χ1) is 10.3. The number of primary amides is 1. The maximum atomic E-state index is 11.6. The lowest BCUT2D eigenvalue weighted by Crippen LogP contribution is -2.45. The Morgan fingerprint density at radius 1 is 1.48 bits per heavy atom. The van der Waals surface area contributed by atoms with Gasteiger partial charge < -0.3 is 21.1 Å². The summed E-state index contributed by atoms with van der Waals surface area (Å²) in [6, 6.07) is 7.89. The lowest BCUT2D eigenvalue weighted by molar-refractivity contribution is 0.0806. The molecule has 6 nitrogen and oxygen atoms in total. The van der Waals surface area contributed by atoms with Crippen LogP contribution >= 0.6 is 0 Å². The third-order valence-corrected chi connectivity index (χ3v) is 3.56. The normalized spacial score (nSPS) is 18.6. The van der Waals surface area contributed by atoms with Crippen molar-refractivity contribution >= 4 is 22.5 Å². The van der Waals surface area contributed by atoms with Gasteiger partial charge in [0, 0.05) is 30.7 Å². The van der Waals surface area contributed by atoms with Crippen LogP contribution in [0.1, 0.15) is 10.4 Å². The molecule has 110 valence electrons. The second-order valence-corrected chi connectivity index (χ2v) is 5.04. The Labute approximate surface area is 122 Å². The Bertz CT molecular complexity index is 653. The van der Waals surface area contributed by atoms with Gasteiger partial charge in [0.25, 0.3) is 5.91 Å². The lowest BCUT2D eigenvalue weighted by Gasteiger charge is -2.25. The number of aromatic nitrogens is 1. The molecule has 1 aliphatic rings. The summed E-state index contributed by atoms with van der Waals surface area (Å²) in [6.45, 7) is 2.89. The lowest BCUT2D eigenvalue weighted by atomic mass is 10.1. The highest BCUT2D eigenvalue weighted by atomic mass is 16.5. The molecule has 1 saturated heterocycles. The van der Waals surface area contributed by atoms with Gasteiger partial charge in [-0.3, -0.25) is 9.78 Å². The molecule has 4 N–H and O–H groups in total. The summed E-state index contributed by atoms with van der Waals surface area (Å²) >= 11 is 0. The summed E-state index contributed by atoms with van der Waals surface area (Å²) in [6.07, 6.45) is 1.53. The van der Waals surface area contributed by atoms with Crippen LogP contribution in [0.15, 0.2) is 30.5 Å². The first-order valence-corrected chi connectivity index (χ1v) is 6.98.